The molecule has 0 aliphatic heterocycles. The van der Waals surface area contributed by atoms with E-state index in [0.717, 1.165) is 10.9 Å². The fraction of sp³-hybridized carbons (Fsp3) is 0.111. The van der Waals surface area contributed by atoms with E-state index in [4.69, 9.17) is 0 Å². The van der Waals surface area contributed by atoms with Crippen LogP contribution in [0.4, 0.5) is 5.95 Å². The number of aromatic nitrogens is 2. The van der Waals surface area contributed by atoms with Gasteiger partial charge in [0.1, 0.15) is 6.20 Å². The Balaban J connectivity index is 2.67. The van der Waals surface area contributed by atoms with Crippen molar-refractivity contribution in [1.29, 1.82) is 0 Å². The smallest absolute Gasteiger partial charge is 0.223 e. The highest BCUT2D eigenvalue weighted by Crippen LogP contribution is 2.10. The van der Waals surface area contributed by atoms with Crippen LogP contribution >= 0.6 is 0 Å². The SMILES string of the molecule is CNc1n[c]c2ccccc2n1. The maximum absolute atomic E-state index is 4.24. The number of nitrogens with zero attached hydrogens (tertiary/aromatic N) is 2. The normalized spacial score (nSPS) is 10.1. The van der Waals surface area contributed by atoms with Crippen LogP contribution in [0.15, 0.2) is 24.3 Å². The fourth-order valence-electron chi connectivity index (χ4n) is 1.03. The number of nitrogens with one attached hydrogen (secondary N) is 1. The van der Waals surface area contributed by atoms with Gasteiger partial charge in [0.05, 0.1) is 5.52 Å². The summed E-state index contributed by atoms with van der Waals surface area (Å²) in [4.78, 5) is 8.22. The zero-order valence-corrected chi connectivity index (χ0v) is 6.70. The lowest BCUT2D eigenvalue weighted by molar-refractivity contribution is 1.19. The molecule has 0 saturated heterocycles. The van der Waals surface area contributed by atoms with E-state index in [0.29, 0.717) is 5.95 Å². The zero-order valence-electron chi connectivity index (χ0n) is 6.70. The van der Waals surface area contributed by atoms with Crippen LogP contribution in [0.2, 0.25) is 0 Å². The summed E-state index contributed by atoms with van der Waals surface area (Å²) in [6, 6.07) is 7.77. The first-order chi connectivity index (χ1) is 5.90. The van der Waals surface area contributed by atoms with Crippen molar-refractivity contribution in [3.63, 3.8) is 0 Å². The Morgan fingerprint density at radius 1 is 1.33 bits per heavy atom. The average Bonchev–Trinajstić information content (AvgIpc) is 2.17. The van der Waals surface area contributed by atoms with Crippen LogP contribution in [-0.2, 0) is 0 Å². The lowest BCUT2D eigenvalue weighted by Gasteiger charge is -1.98. The molecule has 1 N–H and O–H groups in total. The van der Waals surface area contributed by atoms with Crippen molar-refractivity contribution in [2.75, 3.05) is 12.4 Å². The molecule has 0 saturated carbocycles. The summed E-state index contributed by atoms with van der Waals surface area (Å²) in [6.45, 7) is 0. The summed E-state index contributed by atoms with van der Waals surface area (Å²) < 4.78 is 0. The highest BCUT2D eigenvalue weighted by Gasteiger charge is 1.95. The Bertz CT molecular complexity index is 398. The van der Waals surface area contributed by atoms with Gasteiger partial charge in [-0.2, -0.15) is 0 Å². The Labute approximate surface area is 70.5 Å². The first-order valence-electron chi connectivity index (χ1n) is 3.72. The van der Waals surface area contributed by atoms with Crippen LogP contribution in [0.25, 0.3) is 10.9 Å². The number of benzene rings is 1. The van der Waals surface area contributed by atoms with Gasteiger partial charge in [0.2, 0.25) is 5.95 Å². The van der Waals surface area contributed by atoms with Gasteiger partial charge in [-0.3, -0.25) is 0 Å². The second kappa shape index (κ2) is 2.77. The Morgan fingerprint density at radius 2 is 2.17 bits per heavy atom. The third-order valence-corrected chi connectivity index (χ3v) is 1.64. The molecule has 0 unspecified atom stereocenters. The fourth-order valence-corrected chi connectivity index (χ4v) is 1.03. The Hall–Kier alpha value is -1.64. The second-order valence-corrected chi connectivity index (χ2v) is 2.43. The average molecular weight is 158 g/mol. The molecule has 0 amide bonds. The number of hydrogen-bond acceptors (Lipinski definition) is 3. The minimum absolute atomic E-state index is 0.605. The summed E-state index contributed by atoms with van der Waals surface area (Å²) >= 11 is 0. The highest BCUT2D eigenvalue weighted by molar-refractivity contribution is 5.77. The molecule has 0 spiro atoms. The van der Waals surface area contributed by atoms with Gasteiger partial charge in [-0.25, -0.2) is 9.97 Å². The van der Waals surface area contributed by atoms with Crippen molar-refractivity contribution in [1.82, 2.24) is 9.97 Å². The first-order valence-corrected chi connectivity index (χ1v) is 3.72. The Morgan fingerprint density at radius 3 is 3.00 bits per heavy atom. The number of rotatable bonds is 1. The molecule has 1 aromatic heterocycles. The summed E-state index contributed by atoms with van der Waals surface area (Å²) in [6.07, 6.45) is 2.90. The number of hydrogen-bond donors (Lipinski definition) is 1. The summed E-state index contributed by atoms with van der Waals surface area (Å²) in [5.41, 5.74) is 0.914. The van der Waals surface area contributed by atoms with Crippen molar-refractivity contribution < 1.29 is 0 Å². The van der Waals surface area contributed by atoms with Gasteiger partial charge in [-0.05, 0) is 6.07 Å². The van der Waals surface area contributed by atoms with E-state index >= 15 is 0 Å². The molecule has 0 fully saturated rings. The van der Waals surface area contributed by atoms with Crippen molar-refractivity contribution in [2.45, 2.75) is 0 Å². The van der Waals surface area contributed by atoms with E-state index in [-0.39, 0.29) is 0 Å². The quantitative estimate of drug-likeness (QED) is 0.683. The summed E-state index contributed by atoms with van der Waals surface area (Å²) in [5, 5.41) is 3.81. The molecule has 3 heteroatoms. The number of para-hydroxylation sites is 1. The predicted molar refractivity (Wildman–Crippen MR) is 47.9 cm³/mol. The van der Waals surface area contributed by atoms with Crippen LogP contribution in [-0.4, -0.2) is 17.0 Å². The van der Waals surface area contributed by atoms with Crippen molar-refractivity contribution in [3.8, 4) is 0 Å². The molecule has 2 aromatic rings. The molecule has 59 valence electrons. The molecule has 0 atom stereocenters. The number of fused-ring (bicyclic) bond motifs is 1. The largest absolute Gasteiger partial charge is 0.357 e. The second-order valence-electron chi connectivity index (χ2n) is 2.43. The molecule has 12 heavy (non-hydrogen) atoms. The minimum Gasteiger partial charge on any atom is -0.357 e. The molecule has 1 heterocycles. The first kappa shape index (κ1) is 7.03. The zero-order chi connectivity index (χ0) is 8.39. The van der Waals surface area contributed by atoms with Crippen LogP contribution < -0.4 is 5.32 Å². The monoisotopic (exact) mass is 158 g/mol. The maximum Gasteiger partial charge on any atom is 0.223 e. The molecule has 2 rings (SSSR count). The van der Waals surface area contributed by atoms with E-state index in [2.05, 4.69) is 21.5 Å². The third-order valence-electron chi connectivity index (χ3n) is 1.64. The molecule has 1 radical (unpaired) electrons. The van der Waals surface area contributed by atoms with E-state index in [1.807, 2.05) is 24.3 Å². The number of anilines is 1. The van der Waals surface area contributed by atoms with Gasteiger partial charge in [0.25, 0.3) is 0 Å². The standard InChI is InChI=1S/C9H8N3/c1-10-9-11-6-7-4-2-3-5-8(7)12-9/h2-5H,1H3,(H,10,11,12). The van der Waals surface area contributed by atoms with E-state index in [1.165, 1.54) is 0 Å². The summed E-state index contributed by atoms with van der Waals surface area (Å²) in [5.74, 6) is 0.605. The van der Waals surface area contributed by atoms with Gasteiger partial charge in [-0.1, -0.05) is 18.2 Å². The van der Waals surface area contributed by atoms with Gasteiger partial charge in [-0.15, -0.1) is 0 Å². The molecular weight excluding hydrogens is 150 g/mol. The van der Waals surface area contributed by atoms with Gasteiger partial charge < -0.3 is 5.32 Å². The lowest BCUT2D eigenvalue weighted by Crippen LogP contribution is -1.95. The molecule has 0 aliphatic rings. The van der Waals surface area contributed by atoms with Gasteiger partial charge >= 0.3 is 0 Å². The maximum atomic E-state index is 4.24. The Kier molecular flexibility index (Phi) is 1.63. The lowest BCUT2D eigenvalue weighted by atomic mass is 10.2. The van der Waals surface area contributed by atoms with Crippen LogP contribution in [0.5, 0.6) is 0 Å². The van der Waals surface area contributed by atoms with Gasteiger partial charge in [0, 0.05) is 12.4 Å². The van der Waals surface area contributed by atoms with Crippen LogP contribution in [0, 0.1) is 6.20 Å². The minimum atomic E-state index is 0.605. The molecule has 3 nitrogen and oxygen atoms in total. The van der Waals surface area contributed by atoms with Crippen LogP contribution in [0.1, 0.15) is 0 Å². The highest BCUT2D eigenvalue weighted by atomic mass is 15.1. The third kappa shape index (κ3) is 1.09. The molecule has 1 aromatic carbocycles. The van der Waals surface area contributed by atoms with Crippen molar-refractivity contribution in [2.24, 2.45) is 0 Å². The van der Waals surface area contributed by atoms with E-state index in [1.54, 1.807) is 7.05 Å². The van der Waals surface area contributed by atoms with Crippen molar-refractivity contribution in [3.05, 3.63) is 30.5 Å². The molecular formula is C9H8N3. The summed E-state index contributed by atoms with van der Waals surface area (Å²) in [7, 11) is 1.79. The topological polar surface area (TPSA) is 37.8 Å². The molecule has 0 bridgehead atoms. The van der Waals surface area contributed by atoms with Gasteiger partial charge in [0.15, 0.2) is 0 Å². The predicted octanol–water partition coefficient (Wildman–Crippen LogP) is 1.47. The van der Waals surface area contributed by atoms with Crippen LogP contribution in [0.3, 0.4) is 0 Å². The van der Waals surface area contributed by atoms with E-state index < -0.39 is 0 Å². The van der Waals surface area contributed by atoms with E-state index in [9.17, 15) is 0 Å². The molecule has 0 aliphatic carbocycles. The van der Waals surface area contributed by atoms with Crippen molar-refractivity contribution >= 4 is 16.9 Å².